The van der Waals surface area contributed by atoms with Crippen molar-refractivity contribution in [3.05, 3.63) is 24.3 Å². The van der Waals surface area contributed by atoms with Crippen LogP contribution in [0.5, 0.6) is 0 Å². The molecule has 0 heterocycles. The van der Waals surface area contributed by atoms with E-state index in [0.29, 0.717) is 6.42 Å². The average molecular weight is 1400 g/mol. The van der Waals surface area contributed by atoms with Gasteiger partial charge in [-0.05, 0) is 44.9 Å². The molecule has 0 aliphatic heterocycles. The molecule has 0 amide bonds. The summed E-state index contributed by atoms with van der Waals surface area (Å²) in [5.41, 5.74) is 5.42. The van der Waals surface area contributed by atoms with Crippen LogP contribution in [-0.4, -0.2) is 49.3 Å². The number of hydrogen-bond donors (Lipinski definition) is 2. The van der Waals surface area contributed by atoms with Gasteiger partial charge in [0.15, 0.2) is 6.10 Å². The molecule has 2 atom stereocenters. The second-order valence-electron chi connectivity index (χ2n) is 30.5. The van der Waals surface area contributed by atoms with E-state index >= 15 is 0 Å². The van der Waals surface area contributed by atoms with Crippen molar-refractivity contribution in [3.8, 4) is 0 Å². The first-order chi connectivity index (χ1) is 48.3. The number of carbonyl (C=O) groups excluding carboxylic acids is 2. The predicted octanol–water partition coefficient (Wildman–Crippen LogP) is 29.9. The van der Waals surface area contributed by atoms with Crippen LogP contribution in [0.4, 0.5) is 0 Å². The molecule has 0 saturated carbocycles. The van der Waals surface area contributed by atoms with Gasteiger partial charge in [0.2, 0.25) is 0 Å². The molecule has 10 heteroatoms. The molecule has 0 aliphatic rings. The fraction of sp³-hybridized carbons (Fsp3) is 0.932. The normalized spacial score (nSPS) is 12.8. The third-order valence-electron chi connectivity index (χ3n) is 20.6. The molecule has 0 aromatic rings. The number of carbonyl (C=O) groups is 2. The zero-order valence-corrected chi connectivity index (χ0v) is 67.0. The SMILES string of the molecule is CCCCCCC/C=C\C/C=C\CCCCCCCCCCCCCCCCCCCCCCCCCCCC(=O)OC(COC(=O)CCCCCCCCCCCCCCCCCCCCCCCCCCCCCCCCCCCCCCCCCC)COP(=O)(O)OCCN. The maximum atomic E-state index is 12.8. The quantitative estimate of drug-likeness (QED) is 0.0264. The van der Waals surface area contributed by atoms with Crippen molar-refractivity contribution in [3.63, 3.8) is 0 Å². The fourth-order valence-electron chi connectivity index (χ4n) is 14.0. The largest absolute Gasteiger partial charge is 0.472 e. The van der Waals surface area contributed by atoms with E-state index < -0.39 is 26.5 Å². The second-order valence-corrected chi connectivity index (χ2v) is 31.9. The Bertz CT molecular complexity index is 1660. The topological polar surface area (TPSA) is 134 Å². The highest BCUT2D eigenvalue weighted by Gasteiger charge is 2.26. The molecule has 0 saturated heterocycles. The van der Waals surface area contributed by atoms with Crippen LogP contribution >= 0.6 is 7.82 Å². The molecule has 0 fully saturated rings. The Kier molecular flexibility index (Phi) is 83.1. The highest BCUT2D eigenvalue weighted by Crippen LogP contribution is 2.43. The lowest BCUT2D eigenvalue weighted by atomic mass is 10.0. The smallest absolute Gasteiger partial charge is 0.462 e. The summed E-state index contributed by atoms with van der Waals surface area (Å²) in [6.07, 6.45) is 108. The molecule has 98 heavy (non-hydrogen) atoms. The first-order valence-electron chi connectivity index (χ1n) is 44.3. The third kappa shape index (κ3) is 83.4. The number of phosphoric acid groups is 1. The van der Waals surface area contributed by atoms with Crippen LogP contribution in [0, 0.1) is 0 Å². The standard InChI is InChI=1S/C88H172NO8P/c1-3-5-7-9-11-13-15-17-19-21-23-25-27-29-31-33-35-37-39-41-42-43-45-46-48-50-52-54-56-58-60-62-64-66-68-70-72-74-76-78-80-87(90)94-84-86(85-96-98(92,93)95-83-82-89)97-88(91)81-79-77-75-73-71-69-67-65-63-61-59-57-55-53-51-49-47-44-40-38-36-34-32-30-28-26-24-22-20-18-16-14-12-10-8-6-4-2/h16,18,22,24,86H,3-15,17,19-21,23,25-85,89H2,1-2H3,(H,92,93)/b18-16-,24-22-. The molecule has 0 aromatic heterocycles. The van der Waals surface area contributed by atoms with Gasteiger partial charge in [0, 0.05) is 19.4 Å². The minimum absolute atomic E-state index is 0.0577. The van der Waals surface area contributed by atoms with E-state index in [1.807, 2.05) is 0 Å². The minimum Gasteiger partial charge on any atom is -0.462 e. The van der Waals surface area contributed by atoms with Crippen molar-refractivity contribution in [2.45, 2.75) is 502 Å². The molecule has 0 rings (SSSR count). The number of nitrogens with two attached hydrogens (primary N) is 1. The van der Waals surface area contributed by atoms with Gasteiger partial charge in [0.05, 0.1) is 13.2 Å². The van der Waals surface area contributed by atoms with E-state index in [2.05, 4.69) is 38.2 Å². The number of phosphoric ester groups is 1. The molecule has 0 spiro atoms. The summed E-state index contributed by atoms with van der Waals surface area (Å²) in [4.78, 5) is 35.5. The Morgan fingerprint density at radius 2 is 0.531 bits per heavy atom. The van der Waals surface area contributed by atoms with Gasteiger partial charge in [-0.15, -0.1) is 0 Å². The van der Waals surface area contributed by atoms with E-state index in [1.54, 1.807) is 0 Å². The third-order valence-corrected chi connectivity index (χ3v) is 21.6. The van der Waals surface area contributed by atoms with Crippen LogP contribution in [0.3, 0.4) is 0 Å². The number of ether oxygens (including phenoxy) is 2. The van der Waals surface area contributed by atoms with Gasteiger partial charge in [0.1, 0.15) is 6.61 Å². The zero-order valence-electron chi connectivity index (χ0n) is 66.1. The molecule has 0 radical (unpaired) electrons. The number of esters is 2. The first kappa shape index (κ1) is 96.5. The molecule has 9 nitrogen and oxygen atoms in total. The van der Waals surface area contributed by atoms with Crippen LogP contribution in [-0.2, 0) is 32.7 Å². The van der Waals surface area contributed by atoms with Crippen LogP contribution in [0.1, 0.15) is 495 Å². The van der Waals surface area contributed by atoms with Crippen LogP contribution in [0.15, 0.2) is 24.3 Å². The fourth-order valence-corrected chi connectivity index (χ4v) is 14.8. The van der Waals surface area contributed by atoms with Gasteiger partial charge in [-0.2, -0.15) is 0 Å². The van der Waals surface area contributed by atoms with E-state index in [0.717, 1.165) is 38.5 Å². The minimum atomic E-state index is -4.39. The molecule has 0 bridgehead atoms. The van der Waals surface area contributed by atoms with Crippen molar-refractivity contribution in [1.29, 1.82) is 0 Å². The summed E-state index contributed by atoms with van der Waals surface area (Å²) in [6, 6.07) is 0. The average Bonchev–Trinajstić information content (AvgIpc) is 1.57. The molecule has 0 aromatic carbocycles. The summed E-state index contributed by atoms with van der Waals surface area (Å²) in [5, 5.41) is 0. The Morgan fingerprint density at radius 1 is 0.306 bits per heavy atom. The Hall–Kier alpha value is -1.51. The lowest BCUT2D eigenvalue weighted by Gasteiger charge is -2.19. The Balaban J connectivity index is 3.68. The van der Waals surface area contributed by atoms with Crippen LogP contribution in [0.2, 0.25) is 0 Å². The molecule has 0 aliphatic carbocycles. The van der Waals surface area contributed by atoms with Gasteiger partial charge in [-0.25, -0.2) is 4.57 Å². The maximum Gasteiger partial charge on any atom is 0.472 e. The summed E-state index contributed by atoms with van der Waals surface area (Å²) < 4.78 is 33.3. The molecule has 582 valence electrons. The lowest BCUT2D eigenvalue weighted by molar-refractivity contribution is -0.161. The lowest BCUT2D eigenvalue weighted by Crippen LogP contribution is -2.29. The highest BCUT2D eigenvalue weighted by molar-refractivity contribution is 7.47. The van der Waals surface area contributed by atoms with Crippen molar-refractivity contribution >= 4 is 19.8 Å². The van der Waals surface area contributed by atoms with Gasteiger partial charge >= 0.3 is 19.8 Å². The zero-order chi connectivity index (χ0) is 70.8. The first-order valence-corrected chi connectivity index (χ1v) is 45.8. The summed E-state index contributed by atoms with van der Waals surface area (Å²) in [7, 11) is -4.39. The van der Waals surface area contributed by atoms with Crippen molar-refractivity contribution in [2.75, 3.05) is 26.4 Å². The summed E-state index contributed by atoms with van der Waals surface area (Å²) >= 11 is 0. The van der Waals surface area contributed by atoms with E-state index in [-0.39, 0.29) is 38.6 Å². The maximum absolute atomic E-state index is 12.8. The molecular weight excluding hydrogens is 1230 g/mol. The van der Waals surface area contributed by atoms with Gasteiger partial charge < -0.3 is 20.1 Å². The summed E-state index contributed by atoms with van der Waals surface area (Å²) in [5.74, 6) is -0.795. The molecule has 3 N–H and O–H groups in total. The van der Waals surface area contributed by atoms with Gasteiger partial charge in [-0.1, -0.05) is 462 Å². The number of allylic oxidation sites excluding steroid dienone is 4. The summed E-state index contributed by atoms with van der Waals surface area (Å²) in [6.45, 7) is 3.84. The number of hydrogen-bond acceptors (Lipinski definition) is 8. The van der Waals surface area contributed by atoms with Crippen molar-refractivity contribution < 1.29 is 37.6 Å². The van der Waals surface area contributed by atoms with Crippen molar-refractivity contribution in [1.82, 2.24) is 0 Å². The predicted molar refractivity (Wildman–Crippen MR) is 428 cm³/mol. The Morgan fingerprint density at radius 3 is 0.776 bits per heavy atom. The van der Waals surface area contributed by atoms with E-state index in [4.69, 9.17) is 24.3 Å². The number of rotatable bonds is 86. The van der Waals surface area contributed by atoms with Gasteiger partial charge in [0.25, 0.3) is 0 Å². The Labute approximate surface area is 612 Å². The van der Waals surface area contributed by atoms with E-state index in [9.17, 15) is 19.0 Å². The molecule has 2 unspecified atom stereocenters. The van der Waals surface area contributed by atoms with Crippen LogP contribution in [0.25, 0.3) is 0 Å². The highest BCUT2D eigenvalue weighted by atomic mass is 31.2. The second kappa shape index (κ2) is 84.4. The van der Waals surface area contributed by atoms with Gasteiger partial charge in [-0.3, -0.25) is 18.6 Å². The van der Waals surface area contributed by atoms with E-state index in [1.165, 1.54) is 424 Å². The molecular formula is C88H172NO8P. The number of unbranched alkanes of at least 4 members (excludes halogenated alkanes) is 69. The van der Waals surface area contributed by atoms with Crippen molar-refractivity contribution in [2.24, 2.45) is 5.73 Å². The van der Waals surface area contributed by atoms with Crippen LogP contribution < -0.4 is 5.73 Å². The monoisotopic (exact) mass is 1400 g/mol.